The lowest BCUT2D eigenvalue weighted by molar-refractivity contribution is -0.130. The lowest BCUT2D eigenvalue weighted by atomic mass is 9.91. The maximum atomic E-state index is 12.9. The van der Waals surface area contributed by atoms with Gasteiger partial charge in [-0.15, -0.1) is 0 Å². The fraction of sp³-hybridized carbons (Fsp3) is 0.467. The number of anilines is 1. The van der Waals surface area contributed by atoms with E-state index in [4.69, 9.17) is 23.2 Å². The number of amides is 2. The van der Waals surface area contributed by atoms with E-state index in [0.29, 0.717) is 35.1 Å². The van der Waals surface area contributed by atoms with Gasteiger partial charge in [-0.2, -0.15) is 0 Å². The van der Waals surface area contributed by atoms with Gasteiger partial charge >= 0.3 is 0 Å². The Bertz CT molecular complexity index is 571. The van der Waals surface area contributed by atoms with Crippen LogP contribution in [0.25, 0.3) is 0 Å². The average Bonchev–Trinajstić information content (AvgIpc) is 2.60. The van der Waals surface area contributed by atoms with Crippen LogP contribution in [-0.4, -0.2) is 23.9 Å². The van der Waals surface area contributed by atoms with Crippen LogP contribution in [0.4, 0.5) is 5.69 Å². The maximum absolute atomic E-state index is 12.9. The minimum absolute atomic E-state index is 0.118. The van der Waals surface area contributed by atoms with Crippen LogP contribution in [0.3, 0.4) is 0 Å². The number of nitrogens with zero attached hydrogens (tertiary/aromatic N) is 1. The molecule has 0 aromatic heterocycles. The van der Waals surface area contributed by atoms with Crippen LogP contribution >= 0.6 is 23.2 Å². The molecule has 1 aromatic carbocycles. The first kappa shape index (κ1) is 16.1. The summed E-state index contributed by atoms with van der Waals surface area (Å²) in [5.41, 5.74) is -0.323. The Morgan fingerprint density at radius 2 is 1.90 bits per heavy atom. The molecule has 0 atom stereocenters. The van der Waals surface area contributed by atoms with Gasteiger partial charge in [0.1, 0.15) is 5.54 Å². The fourth-order valence-corrected chi connectivity index (χ4v) is 3.01. The highest BCUT2D eigenvalue weighted by Gasteiger charge is 2.42. The molecule has 1 aliphatic rings. The first-order chi connectivity index (χ1) is 9.95. The zero-order chi connectivity index (χ0) is 15.6. The Hall–Kier alpha value is -1.26. The van der Waals surface area contributed by atoms with Gasteiger partial charge in [-0.25, -0.2) is 0 Å². The van der Waals surface area contributed by atoms with Crippen LogP contribution in [-0.2, 0) is 9.59 Å². The van der Waals surface area contributed by atoms with Crippen LogP contribution in [0.1, 0.15) is 33.1 Å². The first-order valence-corrected chi connectivity index (χ1v) is 7.77. The number of benzene rings is 1. The van der Waals surface area contributed by atoms with Crippen molar-refractivity contribution >= 4 is 40.7 Å². The molecule has 1 aromatic rings. The summed E-state index contributed by atoms with van der Waals surface area (Å²) < 4.78 is 0. The molecule has 6 heteroatoms. The van der Waals surface area contributed by atoms with Crippen molar-refractivity contribution in [2.45, 2.75) is 38.6 Å². The number of nitrogens with one attached hydrogen (secondary N) is 1. The molecule has 0 aliphatic carbocycles. The predicted molar refractivity (Wildman–Crippen MR) is 84.9 cm³/mol. The molecule has 1 N–H and O–H groups in total. The topological polar surface area (TPSA) is 49.4 Å². The average molecular weight is 329 g/mol. The van der Waals surface area contributed by atoms with E-state index in [9.17, 15) is 9.59 Å². The molecule has 0 radical (unpaired) electrons. The fourth-order valence-electron chi connectivity index (χ4n) is 2.62. The van der Waals surface area contributed by atoms with E-state index in [-0.39, 0.29) is 18.2 Å². The van der Waals surface area contributed by atoms with E-state index in [2.05, 4.69) is 5.32 Å². The highest BCUT2D eigenvalue weighted by atomic mass is 35.5. The van der Waals surface area contributed by atoms with Gasteiger partial charge in [-0.05, 0) is 25.0 Å². The molecule has 0 spiro atoms. The summed E-state index contributed by atoms with van der Waals surface area (Å²) in [5.74, 6) is -0.254. The van der Waals surface area contributed by atoms with E-state index in [1.165, 1.54) is 0 Å². The van der Waals surface area contributed by atoms with Crippen molar-refractivity contribution in [3.63, 3.8) is 0 Å². The van der Waals surface area contributed by atoms with Crippen LogP contribution in [0.15, 0.2) is 18.2 Å². The zero-order valence-corrected chi connectivity index (χ0v) is 13.6. The summed E-state index contributed by atoms with van der Waals surface area (Å²) in [6.45, 7) is 4.09. The van der Waals surface area contributed by atoms with Gasteiger partial charge in [-0.3, -0.25) is 9.59 Å². The minimum Gasteiger partial charge on any atom is -0.342 e. The van der Waals surface area contributed by atoms with Crippen molar-refractivity contribution in [3.05, 3.63) is 28.2 Å². The molecule has 0 bridgehead atoms. The Morgan fingerprint density at radius 3 is 2.52 bits per heavy atom. The Labute approximate surface area is 134 Å². The van der Waals surface area contributed by atoms with Gasteiger partial charge in [0.25, 0.3) is 5.91 Å². The molecule has 2 rings (SSSR count). The molecule has 0 saturated carbocycles. The van der Waals surface area contributed by atoms with E-state index in [0.717, 1.165) is 0 Å². The van der Waals surface area contributed by atoms with E-state index < -0.39 is 5.54 Å². The van der Waals surface area contributed by atoms with E-state index >= 15 is 0 Å². The molecule has 4 nitrogen and oxygen atoms in total. The van der Waals surface area contributed by atoms with Crippen molar-refractivity contribution in [2.75, 3.05) is 11.4 Å². The number of hydrogen-bond donors (Lipinski definition) is 1. The molecule has 21 heavy (non-hydrogen) atoms. The Balaban J connectivity index is 2.50. The third-order valence-electron chi connectivity index (χ3n) is 4.02. The molecular weight excluding hydrogens is 311 g/mol. The summed E-state index contributed by atoms with van der Waals surface area (Å²) in [6, 6.07) is 5.17. The predicted octanol–water partition coefficient (Wildman–Crippen LogP) is 3.41. The number of carbonyl (C=O) groups excluding carboxylic acids is 2. The van der Waals surface area contributed by atoms with Crippen LogP contribution in [0, 0.1) is 0 Å². The Kier molecular flexibility index (Phi) is 4.79. The quantitative estimate of drug-likeness (QED) is 0.924. The lowest BCUT2D eigenvalue weighted by Gasteiger charge is -2.34. The van der Waals surface area contributed by atoms with Gasteiger partial charge in [0.2, 0.25) is 5.91 Å². The molecule has 1 saturated heterocycles. The third-order valence-corrected chi connectivity index (χ3v) is 4.83. The highest BCUT2D eigenvalue weighted by Crippen LogP contribution is 2.35. The van der Waals surface area contributed by atoms with Crippen molar-refractivity contribution < 1.29 is 9.59 Å². The van der Waals surface area contributed by atoms with Gasteiger partial charge in [0.15, 0.2) is 0 Å². The van der Waals surface area contributed by atoms with Crippen LogP contribution in [0.5, 0.6) is 0 Å². The molecule has 2 amide bonds. The first-order valence-electron chi connectivity index (χ1n) is 7.02. The van der Waals surface area contributed by atoms with E-state index in [1.807, 2.05) is 13.8 Å². The van der Waals surface area contributed by atoms with Crippen molar-refractivity contribution in [3.8, 4) is 0 Å². The van der Waals surface area contributed by atoms with Gasteiger partial charge in [0, 0.05) is 13.0 Å². The molecule has 1 heterocycles. The van der Waals surface area contributed by atoms with Crippen LogP contribution < -0.4 is 10.2 Å². The Morgan fingerprint density at radius 1 is 1.24 bits per heavy atom. The van der Waals surface area contributed by atoms with Gasteiger partial charge in [-0.1, -0.05) is 43.1 Å². The monoisotopic (exact) mass is 328 g/mol. The second kappa shape index (κ2) is 6.24. The highest BCUT2D eigenvalue weighted by molar-refractivity contribution is 6.44. The zero-order valence-electron chi connectivity index (χ0n) is 12.1. The summed E-state index contributed by atoms with van der Waals surface area (Å²) in [7, 11) is 0. The second-order valence-electron chi connectivity index (χ2n) is 5.12. The molecular formula is C15H18Cl2N2O2. The molecule has 1 fully saturated rings. The lowest BCUT2D eigenvalue weighted by Crippen LogP contribution is -2.56. The van der Waals surface area contributed by atoms with Gasteiger partial charge in [0.05, 0.1) is 15.7 Å². The van der Waals surface area contributed by atoms with E-state index in [1.54, 1.807) is 23.1 Å². The summed E-state index contributed by atoms with van der Waals surface area (Å²) in [5, 5.41) is 3.60. The largest absolute Gasteiger partial charge is 0.342 e. The summed E-state index contributed by atoms with van der Waals surface area (Å²) in [6.07, 6.45) is 1.31. The van der Waals surface area contributed by atoms with Crippen molar-refractivity contribution in [2.24, 2.45) is 0 Å². The maximum Gasteiger partial charge on any atom is 0.252 e. The summed E-state index contributed by atoms with van der Waals surface area (Å²) >= 11 is 12.3. The smallest absolute Gasteiger partial charge is 0.252 e. The molecule has 0 unspecified atom stereocenters. The number of rotatable bonds is 3. The normalized spacial score (nSPS) is 18.4. The number of hydrogen-bond acceptors (Lipinski definition) is 2. The minimum atomic E-state index is -0.876. The number of halogens is 2. The second-order valence-corrected chi connectivity index (χ2v) is 5.90. The third kappa shape index (κ3) is 2.87. The standard InChI is InChI=1S/C15H18Cl2N2O2/c1-3-15(4-2)14(21)19(9-8-12(20)18-15)11-7-5-6-10(16)13(11)17/h5-7H,3-4,8-9H2,1-2H3,(H,18,20). The molecule has 114 valence electrons. The van der Waals surface area contributed by atoms with Gasteiger partial charge < -0.3 is 10.2 Å². The SMILES string of the molecule is CCC1(CC)NC(=O)CCN(c2cccc(Cl)c2Cl)C1=O. The van der Waals surface area contributed by atoms with Crippen LogP contribution in [0.2, 0.25) is 10.0 Å². The van der Waals surface area contributed by atoms with Crippen molar-refractivity contribution in [1.82, 2.24) is 5.32 Å². The molecule has 1 aliphatic heterocycles. The summed E-state index contributed by atoms with van der Waals surface area (Å²) in [4.78, 5) is 26.5. The van der Waals surface area contributed by atoms with Crippen molar-refractivity contribution in [1.29, 1.82) is 0 Å². The number of carbonyl (C=O) groups is 2.